The van der Waals surface area contributed by atoms with Crippen LogP contribution in [0.25, 0.3) is 5.76 Å². The van der Waals surface area contributed by atoms with Crippen molar-refractivity contribution in [2.24, 2.45) is 0 Å². The molecule has 2 heterocycles. The van der Waals surface area contributed by atoms with E-state index < -0.39 is 17.7 Å². The molecular formula is C27H27NO5S. The second-order valence-electron chi connectivity index (χ2n) is 8.11. The standard InChI is InChI=1S/C27H27NO5S/c1-18-16-20(33-17-19-8-4-3-5-9-19)11-12-21(18)25(29)23-24(22-10-6-15-34-22)28(13-7-14-32-2)27(31)26(23)30/h3-6,8-12,15-16,24,29H,7,13-14,17H2,1-2H3/b25-23+. The van der Waals surface area contributed by atoms with Crippen molar-refractivity contribution >= 4 is 28.8 Å². The molecule has 2 aromatic carbocycles. The van der Waals surface area contributed by atoms with Crippen LogP contribution in [-0.2, 0) is 20.9 Å². The van der Waals surface area contributed by atoms with Crippen molar-refractivity contribution < 1.29 is 24.2 Å². The minimum absolute atomic E-state index is 0.117. The summed E-state index contributed by atoms with van der Waals surface area (Å²) in [4.78, 5) is 28.3. The summed E-state index contributed by atoms with van der Waals surface area (Å²) in [5, 5.41) is 13.2. The number of hydrogen-bond donors (Lipinski definition) is 1. The van der Waals surface area contributed by atoms with Crippen LogP contribution in [0.1, 0.15) is 34.0 Å². The van der Waals surface area contributed by atoms with Crippen LogP contribution in [0.15, 0.2) is 71.6 Å². The Labute approximate surface area is 203 Å². The molecule has 1 aromatic heterocycles. The van der Waals surface area contributed by atoms with Crippen LogP contribution in [0, 0.1) is 6.92 Å². The fourth-order valence-corrected chi connectivity index (χ4v) is 4.96. The summed E-state index contributed by atoms with van der Waals surface area (Å²) in [5.41, 5.74) is 2.42. The van der Waals surface area contributed by atoms with Gasteiger partial charge in [0, 0.05) is 30.7 Å². The van der Waals surface area contributed by atoms with Gasteiger partial charge in [-0.05, 0) is 54.1 Å². The van der Waals surface area contributed by atoms with Crippen molar-refractivity contribution in [3.8, 4) is 5.75 Å². The first-order valence-corrected chi connectivity index (χ1v) is 12.0. The van der Waals surface area contributed by atoms with Crippen LogP contribution in [0.2, 0.25) is 0 Å². The quantitative estimate of drug-likeness (QED) is 0.201. The van der Waals surface area contributed by atoms with E-state index in [1.165, 1.54) is 16.2 Å². The van der Waals surface area contributed by atoms with E-state index in [1.54, 1.807) is 19.2 Å². The van der Waals surface area contributed by atoms with Gasteiger partial charge >= 0.3 is 0 Å². The number of Topliss-reactive ketones (excluding diaryl/α,β-unsaturated/α-hetero) is 1. The van der Waals surface area contributed by atoms with Crippen molar-refractivity contribution in [1.29, 1.82) is 0 Å². The van der Waals surface area contributed by atoms with E-state index in [2.05, 4.69) is 0 Å². The molecule has 1 unspecified atom stereocenters. The molecule has 0 saturated carbocycles. The van der Waals surface area contributed by atoms with Crippen LogP contribution in [0.3, 0.4) is 0 Å². The Balaban J connectivity index is 1.65. The lowest BCUT2D eigenvalue weighted by Gasteiger charge is -2.24. The lowest BCUT2D eigenvalue weighted by molar-refractivity contribution is -0.140. The Hall–Kier alpha value is -3.42. The Morgan fingerprint density at radius 2 is 1.88 bits per heavy atom. The number of methoxy groups -OCH3 is 1. The number of ether oxygens (including phenoxy) is 2. The first kappa shape index (κ1) is 23.7. The average molecular weight is 478 g/mol. The Morgan fingerprint density at radius 3 is 2.56 bits per heavy atom. The van der Waals surface area contributed by atoms with Gasteiger partial charge < -0.3 is 19.5 Å². The fraction of sp³-hybridized carbons (Fsp3) is 0.259. The molecule has 0 bridgehead atoms. The molecule has 1 N–H and O–H groups in total. The summed E-state index contributed by atoms with van der Waals surface area (Å²) in [5.74, 6) is -0.778. The molecule has 3 aromatic rings. The number of benzene rings is 2. The van der Waals surface area contributed by atoms with Gasteiger partial charge in [-0.25, -0.2) is 0 Å². The number of likely N-dealkylation sites (tertiary alicyclic amines) is 1. The van der Waals surface area contributed by atoms with E-state index in [1.807, 2.05) is 60.8 Å². The molecule has 1 saturated heterocycles. The van der Waals surface area contributed by atoms with Crippen molar-refractivity contribution in [3.05, 3.63) is 93.2 Å². The molecule has 6 nitrogen and oxygen atoms in total. The van der Waals surface area contributed by atoms with Crippen LogP contribution < -0.4 is 4.74 Å². The Kier molecular flexibility index (Phi) is 7.45. The van der Waals surface area contributed by atoms with Crippen molar-refractivity contribution in [1.82, 2.24) is 4.90 Å². The normalized spacial score (nSPS) is 17.4. The molecule has 0 spiro atoms. The van der Waals surface area contributed by atoms with Gasteiger partial charge in [-0.1, -0.05) is 36.4 Å². The van der Waals surface area contributed by atoms with Gasteiger partial charge in [-0.15, -0.1) is 11.3 Å². The number of carbonyl (C=O) groups excluding carboxylic acids is 2. The molecule has 176 valence electrons. The molecule has 1 aliphatic rings. The van der Waals surface area contributed by atoms with Crippen LogP contribution in [0.5, 0.6) is 5.75 Å². The Morgan fingerprint density at radius 1 is 1.09 bits per heavy atom. The summed E-state index contributed by atoms with van der Waals surface area (Å²) in [6, 6.07) is 18.3. The number of rotatable bonds is 9. The second kappa shape index (κ2) is 10.7. The summed E-state index contributed by atoms with van der Waals surface area (Å²) in [7, 11) is 1.60. The number of thiophene rings is 1. The molecule has 1 atom stereocenters. The lowest BCUT2D eigenvalue weighted by Crippen LogP contribution is -2.31. The largest absolute Gasteiger partial charge is 0.507 e. The third kappa shape index (κ3) is 4.90. The number of aliphatic hydroxyl groups excluding tert-OH is 1. The SMILES string of the molecule is COCCCN1C(=O)C(=O)/C(=C(/O)c2ccc(OCc3ccccc3)cc2C)C1c1cccs1. The minimum Gasteiger partial charge on any atom is -0.507 e. The van der Waals surface area contributed by atoms with Gasteiger partial charge in [-0.2, -0.15) is 0 Å². The maximum absolute atomic E-state index is 13.0. The first-order chi connectivity index (χ1) is 16.5. The van der Waals surface area contributed by atoms with Gasteiger partial charge in [0.1, 0.15) is 18.1 Å². The number of aliphatic hydroxyl groups is 1. The highest BCUT2D eigenvalue weighted by Gasteiger charge is 2.46. The molecule has 7 heteroatoms. The number of amides is 1. The minimum atomic E-state index is -0.669. The molecule has 1 fully saturated rings. The zero-order valence-electron chi connectivity index (χ0n) is 19.2. The van der Waals surface area contributed by atoms with Crippen LogP contribution in [-0.4, -0.2) is 42.0 Å². The zero-order valence-corrected chi connectivity index (χ0v) is 20.0. The van der Waals surface area contributed by atoms with Crippen molar-refractivity contribution in [2.75, 3.05) is 20.3 Å². The van der Waals surface area contributed by atoms with Crippen LogP contribution >= 0.6 is 11.3 Å². The second-order valence-corrected chi connectivity index (χ2v) is 9.08. The number of carbonyl (C=O) groups is 2. The summed E-state index contributed by atoms with van der Waals surface area (Å²) in [6.45, 7) is 3.11. The summed E-state index contributed by atoms with van der Waals surface area (Å²) >= 11 is 1.45. The smallest absolute Gasteiger partial charge is 0.295 e. The summed E-state index contributed by atoms with van der Waals surface area (Å²) in [6.07, 6.45) is 0.595. The average Bonchev–Trinajstić information content (AvgIpc) is 3.46. The van der Waals surface area contributed by atoms with E-state index >= 15 is 0 Å². The highest BCUT2D eigenvalue weighted by molar-refractivity contribution is 7.10. The van der Waals surface area contributed by atoms with E-state index in [9.17, 15) is 14.7 Å². The third-order valence-corrected chi connectivity index (χ3v) is 6.73. The Bertz CT molecular complexity index is 1190. The maximum atomic E-state index is 13.0. The third-order valence-electron chi connectivity index (χ3n) is 5.80. The van der Waals surface area contributed by atoms with Gasteiger partial charge in [0.2, 0.25) is 0 Å². The van der Waals surface area contributed by atoms with Crippen LogP contribution in [0.4, 0.5) is 0 Å². The van der Waals surface area contributed by atoms with Gasteiger partial charge in [0.15, 0.2) is 0 Å². The van der Waals surface area contributed by atoms with Gasteiger partial charge in [0.25, 0.3) is 11.7 Å². The number of ketones is 1. The van der Waals surface area contributed by atoms with Gasteiger partial charge in [-0.3, -0.25) is 9.59 Å². The molecule has 4 rings (SSSR count). The molecule has 34 heavy (non-hydrogen) atoms. The van der Waals surface area contributed by atoms with Gasteiger partial charge in [0.05, 0.1) is 11.6 Å². The highest BCUT2D eigenvalue weighted by Crippen LogP contribution is 2.41. The topological polar surface area (TPSA) is 76.1 Å². The lowest BCUT2D eigenvalue weighted by atomic mass is 9.97. The predicted octanol–water partition coefficient (Wildman–Crippen LogP) is 5.09. The molecule has 0 aliphatic carbocycles. The number of aryl methyl sites for hydroxylation is 1. The molecular weight excluding hydrogens is 450 g/mol. The molecule has 0 radical (unpaired) electrons. The highest BCUT2D eigenvalue weighted by atomic mass is 32.1. The van der Waals surface area contributed by atoms with E-state index in [0.717, 1.165) is 16.0 Å². The maximum Gasteiger partial charge on any atom is 0.295 e. The predicted molar refractivity (Wildman–Crippen MR) is 132 cm³/mol. The number of nitrogens with zero attached hydrogens (tertiary/aromatic N) is 1. The summed E-state index contributed by atoms with van der Waals surface area (Å²) < 4.78 is 11.0. The van der Waals surface area contributed by atoms with E-state index in [0.29, 0.717) is 37.5 Å². The van der Waals surface area contributed by atoms with E-state index in [4.69, 9.17) is 9.47 Å². The zero-order chi connectivity index (χ0) is 24.1. The first-order valence-electron chi connectivity index (χ1n) is 11.1. The monoisotopic (exact) mass is 477 g/mol. The fourth-order valence-electron chi connectivity index (χ4n) is 4.11. The van der Waals surface area contributed by atoms with E-state index in [-0.39, 0.29) is 11.3 Å². The van der Waals surface area contributed by atoms with Crippen molar-refractivity contribution in [2.45, 2.75) is 26.0 Å². The molecule has 1 aliphatic heterocycles. The van der Waals surface area contributed by atoms with Crippen molar-refractivity contribution in [3.63, 3.8) is 0 Å². The molecule has 1 amide bonds. The number of hydrogen-bond acceptors (Lipinski definition) is 6.